The summed E-state index contributed by atoms with van der Waals surface area (Å²) < 4.78 is 29.4. The van der Waals surface area contributed by atoms with E-state index in [0.29, 0.717) is 18.2 Å². The number of nitrogens with one attached hydrogen (secondary N) is 1. The third-order valence-electron chi connectivity index (χ3n) is 2.52. The highest BCUT2D eigenvalue weighted by Crippen LogP contribution is 2.17. The second-order valence-corrected chi connectivity index (χ2v) is 6.99. The Labute approximate surface area is 119 Å². The second-order valence-electron chi connectivity index (χ2n) is 5.08. The number of rotatable bonds is 7. The molecular formula is C12H21N3O4S. The summed E-state index contributed by atoms with van der Waals surface area (Å²) in [7, 11) is -3.50. The lowest BCUT2D eigenvalue weighted by atomic mass is 10.2. The molecule has 0 atom stereocenters. The van der Waals surface area contributed by atoms with E-state index in [4.69, 9.17) is 4.52 Å². The highest BCUT2D eigenvalue weighted by atomic mass is 32.2. The van der Waals surface area contributed by atoms with E-state index >= 15 is 0 Å². The molecule has 1 heterocycles. The summed E-state index contributed by atoms with van der Waals surface area (Å²) in [4.78, 5) is 11.6. The highest BCUT2D eigenvalue weighted by molar-refractivity contribution is 7.92. The number of carbonyl (C=O) groups excluding carboxylic acids is 1. The molecule has 1 rings (SSSR count). The molecular weight excluding hydrogens is 282 g/mol. The van der Waals surface area contributed by atoms with E-state index in [1.54, 1.807) is 6.92 Å². The average molecular weight is 303 g/mol. The smallest absolute Gasteiger partial charge is 0.233 e. The summed E-state index contributed by atoms with van der Waals surface area (Å²) in [6.07, 6.45) is 1.15. The summed E-state index contributed by atoms with van der Waals surface area (Å²) in [6.45, 7) is 6.25. The average Bonchev–Trinajstić information content (AvgIpc) is 2.71. The first-order valence-corrected chi connectivity index (χ1v) is 8.22. The Morgan fingerprint density at radius 3 is 2.60 bits per heavy atom. The van der Waals surface area contributed by atoms with Gasteiger partial charge in [0.15, 0.2) is 5.82 Å². The van der Waals surface area contributed by atoms with Gasteiger partial charge in [0.1, 0.15) is 5.76 Å². The molecule has 114 valence electrons. The maximum Gasteiger partial charge on any atom is 0.233 e. The van der Waals surface area contributed by atoms with Crippen molar-refractivity contribution < 1.29 is 17.7 Å². The van der Waals surface area contributed by atoms with E-state index < -0.39 is 10.0 Å². The van der Waals surface area contributed by atoms with E-state index in [2.05, 4.69) is 10.5 Å². The van der Waals surface area contributed by atoms with E-state index in [1.807, 2.05) is 13.8 Å². The van der Waals surface area contributed by atoms with Crippen LogP contribution in [0.1, 0.15) is 26.0 Å². The predicted molar refractivity (Wildman–Crippen MR) is 75.9 cm³/mol. The normalized spacial score (nSPS) is 11.7. The van der Waals surface area contributed by atoms with Gasteiger partial charge in [-0.3, -0.25) is 9.10 Å². The van der Waals surface area contributed by atoms with Gasteiger partial charge in [-0.15, -0.1) is 0 Å². The second kappa shape index (κ2) is 6.74. The maximum atomic E-state index is 11.7. The zero-order chi connectivity index (χ0) is 15.3. The Morgan fingerprint density at radius 1 is 1.50 bits per heavy atom. The fraction of sp³-hybridized carbons (Fsp3) is 0.667. The number of hydrogen-bond donors (Lipinski definition) is 1. The van der Waals surface area contributed by atoms with Crippen molar-refractivity contribution in [2.75, 3.05) is 23.7 Å². The summed E-state index contributed by atoms with van der Waals surface area (Å²) in [5, 5.41) is 6.42. The quantitative estimate of drug-likeness (QED) is 0.808. The van der Waals surface area contributed by atoms with Gasteiger partial charge in [-0.25, -0.2) is 8.42 Å². The third kappa shape index (κ3) is 5.20. The molecule has 1 amide bonds. The van der Waals surface area contributed by atoms with E-state index in [1.165, 1.54) is 6.07 Å². The SMILES string of the molecule is Cc1cc(N(CCC(=O)NCC(C)C)S(C)(=O)=O)no1. The molecule has 1 N–H and O–H groups in total. The van der Waals surface area contributed by atoms with Crippen LogP contribution in [-0.2, 0) is 14.8 Å². The van der Waals surface area contributed by atoms with Crippen molar-refractivity contribution in [2.24, 2.45) is 5.92 Å². The van der Waals surface area contributed by atoms with Gasteiger partial charge in [-0.2, -0.15) is 0 Å². The summed E-state index contributed by atoms with van der Waals surface area (Å²) >= 11 is 0. The number of hydrogen-bond acceptors (Lipinski definition) is 5. The van der Waals surface area contributed by atoms with Crippen LogP contribution in [0.4, 0.5) is 5.82 Å². The topological polar surface area (TPSA) is 92.5 Å². The standard InChI is InChI=1S/C12H21N3O4S/c1-9(2)8-13-12(16)5-6-15(20(4,17)18)11-7-10(3)19-14-11/h7,9H,5-6,8H2,1-4H3,(H,13,16). The molecule has 0 aliphatic rings. The number of sulfonamides is 1. The molecule has 0 aliphatic carbocycles. The molecule has 0 aliphatic heterocycles. The van der Waals surface area contributed by atoms with Crippen molar-refractivity contribution in [1.82, 2.24) is 10.5 Å². The van der Waals surface area contributed by atoms with Gasteiger partial charge in [0.2, 0.25) is 15.9 Å². The minimum absolute atomic E-state index is 0.0364. The van der Waals surface area contributed by atoms with Gasteiger partial charge in [-0.1, -0.05) is 19.0 Å². The van der Waals surface area contributed by atoms with Crippen LogP contribution in [0.2, 0.25) is 0 Å². The van der Waals surface area contributed by atoms with Gasteiger partial charge in [0, 0.05) is 25.6 Å². The van der Waals surface area contributed by atoms with Crippen LogP contribution in [0.25, 0.3) is 0 Å². The Morgan fingerprint density at radius 2 is 2.15 bits per heavy atom. The van der Waals surface area contributed by atoms with Crippen LogP contribution in [0.5, 0.6) is 0 Å². The number of aromatic nitrogens is 1. The Kier molecular flexibility index (Phi) is 5.55. The molecule has 1 aromatic heterocycles. The van der Waals surface area contributed by atoms with E-state index in [-0.39, 0.29) is 24.7 Å². The molecule has 0 saturated carbocycles. The lowest BCUT2D eigenvalue weighted by Crippen LogP contribution is -2.35. The fourth-order valence-corrected chi connectivity index (χ4v) is 2.38. The van der Waals surface area contributed by atoms with Crippen molar-refractivity contribution in [3.63, 3.8) is 0 Å². The monoisotopic (exact) mass is 303 g/mol. The van der Waals surface area contributed by atoms with Gasteiger partial charge in [-0.05, 0) is 12.8 Å². The van der Waals surface area contributed by atoms with Crippen LogP contribution in [0, 0.1) is 12.8 Å². The third-order valence-corrected chi connectivity index (χ3v) is 3.69. The van der Waals surface area contributed by atoms with Crippen LogP contribution in [0.3, 0.4) is 0 Å². The first-order valence-electron chi connectivity index (χ1n) is 6.38. The number of aryl methyl sites for hydroxylation is 1. The Hall–Kier alpha value is -1.57. The molecule has 7 nitrogen and oxygen atoms in total. The first kappa shape index (κ1) is 16.5. The molecule has 0 spiro atoms. The van der Waals surface area contributed by atoms with Gasteiger partial charge in [0.25, 0.3) is 0 Å². The minimum atomic E-state index is -3.50. The molecule has 0 bridgehead atoms. The highest BCUT2D eigenvalue weighted by Gasteiger charge is 2.21. The Balaban J connectivity index is 2.66. The van der Waals surface area contributed by atoms with Crippen molar-refractivity contribution in [3.8, 4) is 0 Å². The minimum Gasteiger partial charge on any atom is -0.360 e. The van der Waals surface area contributed by atoms with Crippen LogP contribution >= 0.6 is 0 Å². The molecule has 0 saturated heterocycles. The van der Waals surface area contributed by atoms with Gasteiger partial charge >= 0.3 is 0 Å². The molecule has 0 fully saturated rings. The van der Waals surface area contributed by atoms with Gasteiger partial charge < -0.3 is 9.84 Å². The lowest BCUT2D eigenvalue weighted by Gasteiger charge is -2.18. The molecule has 0 unspecified atom stereocenters. The van der Waals surface area contributed by atoms with Crippen molar-refractivity contribution in [2.45, 2.75) is 27.2 Å². The predicted octanol–water partition coefficient (Wildman–Crippen LogP) is 0.911. The zero-order valence-corrected chi connectivity index (χ0v) is 13.0. The summed E-state index contributed by atoms with van der Waals surface area (Å²) in [6, 6.07) is 1.52. The van der Waals surface area contributed by atoms with Crippen LogP contribution in [0.15, 0.2) is 10.6 Å². The molecule has 0 radical (unpaired) electrons. The van der Waals surface area contributed by atoms with Crippen molar-refractivity contribution >= 4 is 21.7 Å². The summed E-state index contributed by atoms with van der Waals surface area (Å²) in [5.41, 5.74) is 0. The largest absolute Gasteiger partial charge is 0.360 e. The lowest BCUT2D eigenvalue weighted by molar-refractivity contribution is -0.121. The van der Waals surface area contributed by atoms with Crippen LogP contribution < -0.4 is 9.62 Å². The van der Waals surface area contributed by atoms with Crippen LogP contribution in [-0.4, -0.2) is 38.8 Å². The molecule has 1 aromatic rings. The fourth-order valence-electron chi connectivity index (χ4n) is 1.53. The number of carbonyl (C=O) groups is 1. The number of anilines is 1. The molecule has 8 heteroatoms. The first-order chi connectivity index (χ1) is 9.20. The molecule has 20 heavy (non-hydrogen) atoms. The van der Waals surface area contributed by atoms with Gasteiger partial charge in [0.05, 0.1) is 6.26 Å². The van der Waals surface area contributed by atoms with E-state index in [9.17, 15) is 13.2 Å². The van der Waals surface area contributed by atoms with E-state index in [0.717, 1.165) is 10.6 Å². The van der Waals surface area contributed by atoms with Crippen molar-refractivity contribution in [3.05, 3.63) is 11.8 Å². The molecule has 0 aromatic carbocycles. The number of amides is 1. The summed E-state index contributed by atoms with van der Waals surface area (Å²) in [5.74, 6) is 0.871. The zero-order valence-electron chi connectivity index (χ0n) is 12.2. The Bertz CT molecular complexity index is 551. The van der Waals surface area contributed by atoms with Crippen molar-refractivity contribution in [1.29, 1.82) is 0 Å². The number of nitrogens with zero attached hydrogens (tertiary/aromatic N) is 2. The maximum absolute atomic E-state index is 11.7.